The summed E-state index contributed by atoms with van der Waals surface area (Å²) in [6.07, 6.45) is 5.78. The number of dihydropyridines is 1. The zero-order valence-corrected chi connectivity index (χ0v) is 19.4. The van der Waals surface area contributed by atoms with Gasteiger partial charge in [0, 0.05) is 35.3 Å². The topological polar surface area (TPSA) is 79.5 Å². The minimum absolute atomic E-state index is 0.0221. The van der Waals surface area contributed by atoms with E-state index in [9.17, 15) is 14.0 Å². The van der Waals surface area contributed by atoms with Crippen molar-refractivity contribution in [2.24, 2.45) is 11.8 Å². The summed E-state index contributed by atoms with van der Waals surface area (Å²) in [5, 5.41) is 9.93. The predicted molar refractivity (Wildman–Crippen MR) is 124 cm³/mol. The van der Waals surface area contributed by atoms with Gasteiger partial charge in [0.05, 0.1) is 12.5 Å². The average molecular weight is 484 g/mol. The van der Waals surface area contributed by atoms with Gasteiger partial charge in [0.1, 0.15) is 5.16 Å². The van der Waals surface area contributed by atoms with Crippen LogP contribution in [0.1, 0.15) is 32.6 Å². The van der Waals surface area contributed by atoms with Gasteiger partial charge >= 0.3 is 0 Å². The van der Waals surface area contributed by atoms with E-state index >= 15 is 0 Å². The van der Waals surface area contributed by atoms with Crippen LogP contribution in [0.4, 0.5) is 10.1 Å². The monoisotopic (exact) mass is 483 g/mol. The fourth-order valence-electron chi connectivity index (χ4n) is 4.86. The summed E-state index contributed by atoms with van der Waals surface area (Å²) in [5.41, 5.74) is 0.895. The van der Waals surface area contributed by atoms with Gasteiger partial charge in [-0.25, -0.2) is 4.39 Å². The zero-order valence-electron chi connectivity index (χ0n) is 17.9. The van der Waals surface area contributed by atoms with Gasteiger partial charge in [-0.1, -0.05) is 48.2 Å². The molecule has 2 unspecified atom stereocenters. The maximum absolute atomic E-state index is 14.7. The Hall–Kier alpha value is -2.09. The van der Waals surface area contributed by atoms with Crippen LogP contribution >= 0.6 is 23.2 Å². The fraction of sp³-hybridized carbons (Fsp3) is 0.478. The van der Waals surface area contributed by atoms with Crippen LogP contribution in [-0.2, 0) is 14.3 Å². The second-order valence-electron chi connectivity index (χ2n) is 8.05. The highest BCUT2D eigenvalue weighted by Gasteiger charge is 2.54. The SMILES string of the molecule is CCOC=O.O=C(Nc1cccc(Cl)c1)C1C(C2=CCNC(Cl)=C2F)CNC12CCCC2. The van der Waals surface area contributed by atoms with Gasteiger partial charge in [-0.15, -0.1) is 0 Å². The van der Waals surface area contributed by atoms with Crippen molar-refractivity contribution >= 4 is 41.3 Å². The van der Waals surface area contributed by atoms with Crippen molar-refractivity contribution in [3.05, 3.63) is 51.9 Å². The number of hydrogen-bond acceptors (Lipinski definition) is 5. The highest BCUT2D eigenvalue weighted by molar-refractivity contribution is 6.31. The molecule has 3 N–H and O–H groups in total. The Bertz CT molecular complexity index is 900. The van der Waals surface area contributed by atoms with Crippen LogP contribution in [-0.4, -0.2) is 37.6 Å². The summed E-state index contributed by atoms with van der Waals surface area (Å²) >= 11 is 12.0. The minimum atomic E-state index is -0.453. The fourth-order valence-corrected chi connectivity index (χ4v) is 5.23. The van der Waals surface area contributed by atoms with Gasteiger partial charge in [-0.2, -0.15) is 0 Å². The van der Waals surface area contributed by atoms with E-state index in [-0.39, 0.29) is 28.4 Å². The lowest BCUT2D eigenvalue weighted by molar-refractivity contribution is -0.128. The Labute approximate surface area is 197 Å². The summed E-state index contributed by atoms with van der Waals surface area (Å²) in [4.78, 5) is 22.5. The van der Waals surface area contributed by atoms with Crippen LogP contribution in [0.25, 0.3) is 0 Å². The lowest BCUT2D eigenvalue weighted by Crippen LogP contribution is -2.47. The third-order valence-electron chi connectivity index (χ3n) is 6.20. The standard InChI is InChI=1S/C20H22Cl2FN3O.C3H6O2/c21-12-4-3-5-13(10-12)26-19(27)16-15(11-25-20(16)7-1-2-8-20)14-6-9-24-18(22)17(14)23;1-2-5-3-4/h3-6,10,15-16,24-25H,1-2,7-9,11H2,(H,26,27);3H,2H2,1H3. The summed E-state index contributed by atoms with van der Waals surface area (Å²) in [5.74, 6) is -1.17. The minimum Gasteiger partial charge on any atom is -0.468 e. The number of anilines is 1. The lowest BCUT2D eigenvalue weighted by atomic mass is 9.75. The average Bonchev–Trinajstić information content (AvgIpc) is 3.39. The molecule has 1 aromatic rings. The van der Waals surface area contributed by atoms with Crippen LogP contribution in [0.5, 0.6) is 0 Å². The van der Waals surface area contributed by atoms with Gasteiger partial charge in [-0.3, -0.25) is 9.59 Å². The van der Waals surface area contributed by atoms with E-state index in [0.717, 1.165) is 25.7 Å². The normalized spacial score (nSPS) is 23.7. The van der Waals surface area contributed by atoms with E-state index in [4.69, 9.17) is 23.2 Å². The quantitative estimate of drug-likeness (QED) is 0.423. The number of halogens is 3. The molecule has 3 aliphatic rings. The van der Waals surface area contributed by atoms with Crippen LogP contribution in [0.3, 0.4) is 0 Å². The number of carbonyl (C=O) groups excluding carboxylic acids is 2. The van der Waals surface area contributed by atoms with Gasteiger partial charge in [-0.05, 0) is 43.5 Å². The van der Waals surface area contributed by atoms with E-state index in [1.165, 1.54) is 0 Å². The second-order valence-corrected chi connectivity index (χ2v) is 8.86. The maximum atomic E-state index is 14.7. The van der Waals surface area contributed by atoms with E-state index in [2.05, 4.69) is 20.7 Å². The largest absolute Gasteiger partial charge is 0.468 e. The van der Waals surface area contributed by atoms with Crippen molar-refractivity contribution in [2.45, 2.75) is 38.1 Å². The molecule has 1 spiro atoms. The Kier molecular flexibility index (Phi) is 8.57. The third-order valence-corrected chi connectivity index (χ3v) is 6.74. The molecule has 9 heteroatoms. The molecule has 2 heterocycles. The van der Waals surface area contributed by atoms with Gasteiger partial charge in [0.15, 0.2) is 5.83 Å². The van der Waals surface area contributed by atoms with E-state index in [1.54, 1.807) is 31.2 Å². The van der Waals surface area contributed by atoms with Gasteiger partial charge < -0.3 is 20.7 Å². The van der Waals surface area contributed by atoms with Crippen LogP contribution in [0, 0.1) is 11.8 Å². The Balaban J connectivity index is 0.000000523. The Morgan fingerprint density at radius 3 is 2.72 bits per heavy atom. The second kappa shape index (κ2) is 11.2. The Morgan fingerprint density at radius 1 is 1.34 bits per heavy atom. The Morgan fingerprint density at radius 2 is 2.09 bits per heavy atom. The highest BCUT2D eigenvalue weighted by Crippen LogP contribution is 2.48. The first-order chi connectivity index (χ1) is 15.4. The molecule has 1 amide bonds. The van der Waals surface area contributed by atoms with Crippen molar-refractivity contribution in [1.29, 1.82) is 0 Å². The van der Waals surface area contributed by atoms with Crippen molar-refractivity contribution in [3.63, 3.8) is 0 Å². The summed E-state index contributed by atoms with van der Waals surface area (Å²) in [6.45, 7) is 3.70. The number of benzene rings is 1. The number of hydrogen-bond donors (Lipinski definition) is 3. The van der Waals surface area contributed by atoms with Crippen molar-refractivity contribution in [2.75, 3.05) is 25.0 Å². The van der Waals surface area contributed by atoms with Crippen LogP contribution < -0.4 is 16.0 Å². The number of amides is 1. The molecule has 1 aliphatic carbocycles. The number of rotatable bonds is 5. The van der Waals surface area contributed by atoms with Gasteiger partial charge in [0.25, 0.3) is 6.47 Å². The smallest absolute Gasteiger partial charge is 0.293 e. The molecule has 32 heavy (non-hydrogen) atoms. The number of carbonyl (C=O) groups is 2. The van der Waals surface area contributed by atoms with E-state index in [1.807, 2.05) is 6.07 Å². The molecule has 2 fully saturated rings. The molecule has 1 saturated carbocycles. The molecule has 1 saturated heterocycles. The lowest BCUT2D eigenvalue weighted by Gasteiger charge is -2.33. The first-order valence-corrected chi connectivity index (χ1v) is 11.5. The first kappa shape index (κ1) is 24.6. The molecule has 2 atom stereocenters. The molecule has 6 nitrogen and oxygen atoms in total. The molecule has 174 valence electrons. The molecular formula is C23H28Cl2FN3O3. The first-order valence-electron chi connectivity index (χ1n) is 10.8. The predicted octanol–water partition coefficient (Wildman–Crippen LogP) is 4.51. The van der Waals surface area contributed by atoms with Gasteiger partial charge in [0.2, 0.25) is 5.91 Å². The van der Waals surface area contributed by atoms with E-state index < -0.39 is 5.83 Å². The van der Waals surface area contributed by atoms with E-state index in [0.29, 0.717) is 42.5 Å². The molecule has 4 rings (SSSR count). The number of ether oxygens (including phenoxy) is 1. The van der Waals surface area contributed by atoms with Crippen molar-refractivity contribution < 1.29 is 18.7 Å². The van der Waals surface area contributed by atoms with Crippen LogP contribution in [0.2, 0.25) is 5.02 Å². The summed E-state index contributed by atoms with van der Waals surface area (Å²) < 4.78 is 18.9. The molecule has 2 aliphatic heterocycles. The highest BCUT2D eigenvalue weighted by atomic mass is 35.5. The molecule has 0 bridgehead atoms. The van der Waals surface area contributed by atoms with Crippen molar-refractivity contribution in [1.82, 2.24) is 10.6 Å². The van der Waals surface area contributed by atoms with Crippen LogP contribution in [0.15, 0.2) is 46.9 Å². The summed E-state index contributed by atoms with van der Waals surface area (Å²) in [7, 11) is 0. The number of allylic oxidation sites excluding steroid dienone is 1. The van der Waals surface area contributed by atoms with Crippen molar-refractivity contribution in [3.8, 4) is 0 Å². The molecule has 1 aromatic carbocycles. The zero-order chi connectivity index (χ0) is 23.1. The number of nitrogens with one attached hydrogen (secondary N) is 3. The molecule has 0 radical (unpaired) electrons. The maximum Gasteiger partial charge on any atom is 0.293 e. The molecular weight excluding hydrogens is 456 g/mol. The summed E-state index contributed by atoms with van der Waals surface area (Å²) in [6, 6.07) is 7.09. The molecule has 0 aromatic heterocycles. The third kappa shape index (κ3) is 5.45.